The van der Waals surface area contributed by atoms with E-state index in [2.05, 4.69) is 20.3 Å². The van der Waals surface area contributed by atoms with E-state index in [-0.39, 0.29) is 18.6 Å². The molecular formula is C14H15N3O5. The van der Waals surface area contributed by atoms with E-state index < -0.39 is 17.9 Å². The Morgan fingerprint density at radius 3 is 2.50 bits per heavy atom. The van der Waals surface area contributed by atoms with Crippen LogP contribution in [0.5, 0.6) is 5.75 Å². The Kier molecular flexibility index (Phi) is 4.72. The molecular weight excluding hydrogens is 290 g/mol. The monoisotopic (exact) mass is 305 g/mol. The number of benzene rings is 1. The zero-order chi connectivity index (χ0) is 16.1. The minimum Gasteiger partial charge on any atom is -0.508 e. The summed E-state index contributed by atoms with van der Waals surface area (Å²) in [4.78, 5) is 23.2. The number of carboxylic acid groups (broad SMARTS) is 1. The molecule has 8 nitrogen and oxygen atoms in total. The molecule has 2 rings (SSSR count). The summed E-state index contributed by atoms with van der Waals surface area (Å²) >= 11 is 0. The summed E-state index contributed by atoms with van der Waals surface area (Å²) in [6, 6.07) is 5.05. The number of phenolic OH excluding ortho intramolecular Hbond substituents is 1. The second kappa shape index (κ2) is 6.70. The Bertz CT molecular complexity index is 665. The van der Waals surface area contributed by atoms with Gasteiger partial charge in [0.05, 0.1) is 6.42 Å². The average molecular weight is 305 g/mol. The molecule has 2 aromatic rings. The van der Waals surface area contributed by atoms with Gasteiger partial charge in [-0.3, -0.25) is 4.79 Å². The van der Waals surface area contributed by atoms with Crippen molar-refractivity contribution in [3.63, 3.8) is 0 Å². The van der Waals surface area contributed by atoms with Crippen molar-refractivity contribution in [1.29, 1.82) is 0 Å². The normalized spacial score (nSPS) is 11.9. The van der Waals surface area contributed by atoms with E-state index in [1.165, 1.54) is 12.1 Å². The Labute approximate surface area is 125 Å². The van der Waals surface area contributed by atoms with Crippen LogP contribution in [0, 0.1) is 6.92 Å². The number of hydrogen-bond donors (Lipinski definition) is 3. The predicted molar refractivity (Wildman–Crippen MR) is 74.1 cm³/mol. The molecule has 3 N–H and O–H groups in total. The summed E-state index contributed by atoms with van der Waals surface area (Å²) in [6.07, 6.45) is 0.00604. The summed E-state index contributed by atoms with van der Waals surface area (Å²) in [7, 11) is 0. The van der Waals surface area contributed by atoms with Crippen molar-refractivity contribution in [2.24, 2.45) is 0 Å². The fourth-order valence-corrected chi connectivity index (χ4v) is 1.88. The van der Waals surface area contributed by atoms with Crippen molar-refractivity contribution in [2.45, 2.75) is 25.8 Å². The second-order valence-electron chi connectivity index (χ2n) is 4.80. The summed E-state index contributed by atoms with van der Waals surface area (Å²) in [5.41, 5.74) is 1.54. The summed E-state index contributed by atoms with van der Waals surface area (Å²) in [6.45, 7) is 1.64. The number of carboxylic acids is 1. The Balaban J connectivity index is 1.99. The zero-order valence-electron chi connectivity index (χ0n) is 11.8. The SMILES string of the molecule is Cc1nonc1CC(=O)N[C@@H](Cc1ccc(O)cc1)C(=O)O. The quantitative estimate of drug-likeness (QED) is 0.706. The van der Waals surface area contributed by atoms with Gasteiger partial charge in [0.25, 0.3) is 0 Å². The number of carbonyl (C=O) groups is 2. The van der Waals surface area contributed by atoms with Gasteiger partial charge in [0.2, 0.25) is 5.91 Å². The standard InChI is InChI=1S/C14H15N3O5/c1-8-11(17-22-16-8)7-13(19)15-12(14(20)21)6-9-2-4-10(18)5-3-9/h2-5,12,18H,6-7H2,1H3,(H,15,19)(H,20,21)/t12-/m0/s1. The highest BCUT2D eigenvalue weighted by atomic mass is 16.6. The molecule has 22 heavy (non-hydrogen) atoms. The van der Waals surface area contributed by atoms with E-state index in [1.807, 2.05) is 0 Å². The molecule has 0 radical (unpaired) electrons. The van der Waals surface area contributed by atoms with Crippen molar-refractivity contribution in [1.82, 2.24) is 15.6 Å². The van der Waals surface area contributed by atoms with Crippen molar-refractivity contribution in [2.75, 3.05) is 0 Å². The van der Waals surface area contributed by atoms with Crippen LogP contribution in [0.25, 0.3) is 0 Å². The molecule has 0 bridgehead atoms. The van der Waals surface area contributed by atoms with Crippen molar-refractivity contribution >= 4 is 11.9 Å². The Morgan fingerprint density at radius 1 is 1.27 bits per heavy atom. The number of nitrogens with zero attached hydrogens (tertiary/aromatic N) is 2. The van der Waals surface area contributed by atoms with Gasteiger partial charge in [-0.25, -0.2) is 9.42 Å². The van der Waals surface area contributed by atoms with Gasteiger partial charge in [-0.2, -0.15) is 0 Å². The number of aliphatic carboxylic acids is 1. The first kappa shape index (κ1) is 15.5. The molecule has 1 amide bonds. The lowest BCUT2D eigenvalue weighted by atomic mass is 10.1. The molecule has 1 heterocycles. The molecule has 0 unspecified atom stereocenters. The van der Waals surface area contributed by atoms with Crippen LogP contribution in [0.15, 0.2) is 28.9 Å². The second-order valence-corrected chi connectivity index (χ2v) is 4.80. The maximum atomic E-state index is 11.9. The first-order chi connectivity index (χ1) is 10.5. The highest BCUT2D eigenvalue weighted by molar-refractivity contribution is 5.84. The molecule has 0 saturated carbocycles. The van der Waals surface area contributed by atoms with Gasteiger partial charge in [-0.1, -0.05) is 22.4 Å². The highest BCUT2D eigenvalue weighted by Gasteiger charge is 2.21. The van der Waals surface area contributed by atoms with Crippen LogP contribution in [0.4, 0.5) is 0 Å². The molecule has 0 aliphatic heterocycles. The van der Waals surface area contributed by atoms with Crippen molar-refractivity contribution in [3.05, 3.63) is 41.2 Å². The van der Waals surface area contributed by atoms with Crippen LogP contribution in [-0.4, -0.2) is 38.4 Å². The number of hydrogen-bond acceptors (Lipinski definition) is 6. The lowest BCUT2D eigenvalue weighted by Gasteiger charge is -2.14. The fraction of sp³-hybridized carbons (Fsp3) is 0.286. The number of carbonyl (C=O) groups excluding carboxylic acids is 1. The van der Waals surface area contributed by atoms with Crippen LogP contribution in [0.1, 0.15) is 17.0 Å². The van der Waals surface area contributed by atoms with E-state index in [0.717, 1.165) is 0 Å². The number of aryl methyl sites for hydroxylation is 1. The number of amides is 1. The topological polar surface area (TPSA) is 126 Å². The van der Waals surface area contributed by atoms with Gasteiger partial charge < -0.3 is 15.5 Å². The maximum Gasteiger partial charge on any atom is 0.326 e. The lowest BCUT2D eigenvalue weighted by Crippen LogP contribution is -2.43. The molecule has 116 valence electrons. The van der Waals surface area contributed by atoms with E-state index in [0.29, 0.717) is 17.0 Å². The van der Waals surface area contributed by atoms with Crippen LogP contribution in [0.2, 0.25) is 0 Å². The largest absolute Gasteiger partial charge is 0.508 e. The third kappa shape index (κ3) is 4.05. The summed E-state index contributed by atoms with van der Waals surface area (Å²) in [5, 5.41) is 28.0. The highest BCUT2D eigenvalue weighted by Crippen LogP contribution is 2.11. The molecule has 1 aromatic carbocycles. The Hall–Kier alpha value is -2.90. The van der Waals surface area contributed by atoms with Crippen LogP contribution in [0.3, 0.4) is 0 Å². The fourth-order valence-electron chi connectivity index (χ4n) is 1.88. The number of nitrogens with one attached hydrogen (secondary N) is 1. The van der Waals surface area contributed by atoms with Crippen LogP contribution >= 0.6 is 0 Å². The minimum absolute atomic E-state index is 0.0914. The molecule has 0 spiro atoms. The van der Waals surface area contributed by atoms with Gasteiger partial charge in [0.15, 0.2) is 0 Å². The minimum atomic E-state index is -1.14. The van der Waals surface area contributed by atoms with Gasteiger partial charge in [0, 0.05) is 6.42 Å². The van der Waals surface area contributed by atoms with E-state index in [4.69, 9.17) is 0 Å². The van der Waals surface area contributed by atoms with Crippen molar-refractivity contribution < 1.29 is 24.4 Å². The molecule has 1 aromatic heterocycles. The number of rotatable bonds is 6. The molecule has 0 aliphatic rings. The first-order valence-corrected chi connectivity index (χ1v) is 6.54. The number of phenols is 1. The van der Waals surface area contributed by atoms with E-state index in [9.17, 15) is 19.8 Å². The van der Waals surface area contributed by atoms with E-state index in [1.54, 1.807) is 19.1 Å². The molecule has 0 aliphatic carbocycles. The van der Waals surface area contributed by atoms with E-state index >= 15 is 0 Å². The first-order valence-electron chi connectivity index (χ1n) is 6.54. The summed E-state index contributed by atoms with van der Waals surface area (Å²) in [5.74, 6) is -1.53. The van der Waals surface area contributed by atoms with Gasteiger partial charge in [-0.05, 0) is 24.6 Å². The molecule has 8 heteroatoms. The molecule has 1 atom stereocenters. The maximum absolute atomic E-state index is 11.9. The lowest BCUT2D eigenvalue weighted by molar-refractivity contribution is -0.141. The third-order valence-corrected chi connectivity index (χ3v) is 3.08. The summed E-state index contributed by atoms with van der Waals surface area (Å²) < 4.78 is 4.49. The van der Waals surface area contributed by atoms with Gasteiger partial charge >= 0.3 is 5.97 Å². The van der Waals surface area contributed by atoms with Crippen LogP contribution in [-0.2, 0) is 22.4 Å². The number of aromatic nitrogens is 2. The van der Waals surface area contributed by atoms with Gasteiger partial charge in [-0.15, -0.1) is 0 Å². The molecule has 0 saturated heterocycles. The number of aromatic hydroxyl groups is 1. The third-order valence-electron chi connectivity index (χ3n) is 3.08. The predicted octanol–water partition coefficient (Wildman–Crippen LogP) is 0.438. The zero-order valence-corrected chi connectivity index (χ0v) is 11.8. The van der Waals surface area contributed by atoms with Gasteiger partial charge in [0.1, 0.15) is 23.2 Å². The average Bonchev–Trinajstić information content (AvgIpc) is 2.85. The Morgan fingerprint density at radius 2 is 1.95 bits per heavy atom. The smallest absolute Gasteiger partial charge is 0.326 e. The van der Waals surface area contributed by atoms with Crippen LogP contribution < -0.4 is 5.32 Å². The molecule has 0 fully saturated rings. The van der Waals surface area contributed by atoms with Crippen molar-refractivity contribution in [3.8, 4) is 5.75 Å².